The highest BCUT2D eigenvalue weighted by Gasteiger charge is 2.17. The van der Waals surface area contributed by atoms with Crippen molar-refractivity contribution in [3.8, 4) is 23.3 Å². The summed E-state index contributed by atoms with van der Waals surface area (Å²) in [5.41, 5.74) is 2.31. The zero-order chi connectivity index (χ0) is 12.5. The molecule has 1 aliphatic rings. The fraction of sp³-hybridized carbons (Fsp3) is 0.0714. The number of nitriles is 1. The molecule has 0 unspecified atom stereocenters. The molecule has 0 aromatic heterocycles. The summed E-state index contributed by atoms with van der Waals surface area (Å²) < 4.78 is 10.9. The van der Waals surface area contributed by atoms with Crippen LogP contribution in [0.1, 0.15) is 5.56 Å². The van der Waals surface area contributed by atoms with E-state index >= 15 is 0 Å². The highest BCUT2D eigenvalue weighted by molar-refractivity contribution is 5.76. The molecule has 2 aromatic carbocycles. The number of nitrogens with zero attached hydrogens (tertiary/aromatic N) is 1. The normalized spacial score (nSPS) is 11.3. The van der Waals surface area contributed by atoms with Gasteiger partial charge in [0.25, 0.3) is 0 Å². The third kappa shape index (κ3) is 1.62. The molecule has 88 valence electrons. The van der Waals surface area contributed by atoms with E-state index in [1.54, 1.807) is 19.2 Å². The van der Waals surface area contributed by atoms with Crippen molar-refractivity contribution in [1.29, 1.82) is 5.26 Å². The lowest BCUT2D eigenvalue weighted by Crippen LogP contribution is -2.03. The van der Waals surface area contributed by atoms with Gasteiger partial charge in [0.05, 0.1) is 30.1 Å². The van der Waals surface area contributed by atoms with Gasteiger partial charge < -0.3 is 14.8 Å². The van der Waals surface area contributed by atoms with Gasteiger partial charge in [0.1, 0.15) is 5.75 Å². The Balaban J connectivity index is 2.04. The van der Waals surface area contributed by atoms with E-state index in [0.29, 0.717) is 17.1 Å². The number of benzene rings is 2. The summed E-state index contributed by atoms with van der Waals surface area (Å²) in [6.45, 7) is 0. The lowest BCUT2D eigenvalue weighted by atomic mass is 10.1. The van der Waals surface area contributed by atoms with Crippen LogP contribution in [0.2, 0.25) is 0 Å². The zero-order valence-electron chi connectivity index (χ0n) is 9.73. The van der Waals surface area contributed by atoms with Crippen molar-refractivity contribution in [2.75, 3.05) is 12.4 Å². The first kappa shape index (κ1) is 10.5. The second kappa shape index (κ2) is 3.97. The van der Waals surface area contributed by atoms with E-state index in [0.717, 1.165) is 17.1 Å². The maximum atomic E-state index is 8.87. The van der Waals surface area contributed by atoms with Gasteiger partial charge >= 0.3 is 0 Å². The van der Waals surface area contributed by atoms with E-state index in [2.05, 4.69) is 11.4 Å². The van der Waals surface area contributed by atoms with Crippen LogP contribution in [0.5, 0.6) is 17.2 Å². The number of anilines is 2. The number of methoxy groups -OCH3 is 1. The first-order valence-corrected chi connectivity index (χ1v) is 5.47. The molecule has 0 spiro atoms. The first-order valence-electron chi connectivity index (χ1n) is 5.47. The van der Waals surface area contributed by atoms with E-state index in [1.165, 1.54) is 0 Å². The minimum Gasteiger partial charge on any atom is -0.497 e. The van der Waals surface area contributed by atoms with Gasteiger partial charge in [-0.3, -0.25) is 0 Å². The van der Waals surface area contributed by atoms with Crippen molar-refractivity contribution in [1.82, 2.24) is 0 Å². The van der Waals surface area contributed by atoms with E-state index in [9.17, 15) is 0 Å². The molecule has 1 aliphatic heterocycles. The molecule has 4 heteroatoms. The van der Waals surface area contributed by atoms with Crippen LogP contribution in [-0.2, 0) is 0 Å². The second-order valence-electron chi connectivity index (χ2n) is 3.91. The molecule has 18 heavy (non-hydrogen) atoms. The minimum absolute atomic E-state index is 0.571. The maximum Gasteiger partial charge on any atom is 0.154 e. The molecular formula is C14H10N2O2. The Bertz CT molecular complexity index is 659. The van der Waals surface area contributed by atoms with E-state index in [-0.39, 0.29) is 0 Å². The molecule has 0 aliphatic carbocycles. The summed E-state index contributed by atoms with van der Waals surface area (Å²) >= 11 is 0. The Morgan fingerprint density at radius 3 is 2.56 bits per heavy atom. The van der Waals surface area contributed by atoms with Crippen LogP contribution in [-0.4, -0.2) is 7.11 Å². The predicted molar refractivity (Wildman–Crippen MR) is 67.5 cm³/mol. The van der Waals surface area contributed by atoms with Gasteiger partial charge in [0.15, 0.2) is 11.5 Å². The van der Waals surface area contributed by atoms with Gasteiger partial charge in [-0.1, -0.05) is 0 Å². The Labute approximate surface area is 104 Å². The Hall–Kier alpha value is -2.67. The van der Waals surface area contributed by atoms with Crippen molar-refractivity contribution < 1.29 is 9.47 Å². The maximum absolute atomic E-state index is 8.87. The number of hydrogen-bond acceptors (Lipinski definition) is 4. The van der Waals surface area contributed by atoms with E-state index < -0.39 is 0 Å². The summed E-state index contributed by atoms with van der Waals surface area (Å²) in [6.07, 6.45) is 0. The molecule has 0 radical (unpaired) electrons. The predicted octanol–water partition coefficient (Wildman–Crippen LogP) is 3.42. The quantitative estimate of drug-likeness (QED) is 0.705. The fourth-order valence-electron chi connectivity index (χ4n) is 1.86. The van der Waals surface area contributed by atoms with Crippen LogP contribution in [0, 0.1) is 11.3 Å². The Morgan fingerprint density at radius 1 is 1.11 bits per heavy atom. The van der Waals surface area contributed by atoms with Gasteiger partial charge in [-0.15, -0.1) is 0 Å². The zero-order valence-corrected chi connectivity index (χ0v) is 9.73. The third-order valence-corrected chi connectivity index (χ3v) is 2.79. The molecule has 1 heterocycles. The smallest absolute Gasteiger partial charge is 0.154 e. The van der Waals surface area contributed by atoms with Crippen LogP contribution in [0.3, 0.4) is 0 Å². The van der Waals surface area contributed by atoms with E-state index in [4.69, 9.17) is 14.7 Å². The number of rotatable bonds is 1. The first-order chi connectivity index (χ1) is 8.80. The number of nitrogens with one attached hydrogen (secondary N) is 1. The van der Waals surface area contributed by atoms with Crippen molar-refractivity contribution in [3.63, 3.8) is 0 Å². The second-order valence-corrected chi connectivity index (χ2v) is 3.91. The summed E-state index contributed by atoms with van der Waals surface area (Å²) in [4.78, 5) is 0. The summed E-state index contributed by atoms with van der Waals surface area (Å²) in [6, 6.07) is 13.0. The van der Waals surface area contributed by atoms with Crippen molar-refractivity contribution >= 4 is 11.4 Å². The van der Waals surface area contributed by atoms with Crippen LogP contribution in [0.4, 0.5) is 11.4 Å². The van der Waals surface area contributed by atoms with Gasteiger partial charge in [-0.2, -0.15) is 5.26 Å². The topological polar surface area (TPSA) is 54.3 Å². The van der Waals surface area contributed by atoms with Gasteiger partial charge in [0.2, 0.25) is 0 Å². The molecule has 0 fully saturated rings. The fourth-order valence-corrected chi connectivity index (χ4v) is 1.86. The molecule has 0 atom stereocenters. The molecule has 4 nitrogen and oxygen atoms in total. The monoisotopic (exact) mass is 238 g/mol. The molecule has 1 N–H and O–H groups in total. The molecule has 0 saturated carbocycles. The molecule has 3 rings (SSSR count). The largest absolute Gasteiger partial charge is 0.497 e. The lowest BCUT2D eigenvalue weighted by Gasteiger charge is -2.22. The highest BCUT2D eigenvalue weighted by Crippen LogP contribution is 2.43. The molecule has 0 saturated heterocycles. The summed E-state index contributed by atoms with van der Waals surface area (Å²) in [7, 11) is 1.61. The number of ether oxygens (including phenoxy) is 2. The van der Waals surface area contributed by atoms with Crippen LogP contribution < -0.4 is 14.8 Å². The van der Waals surface area contributed by atoms with Crippen LogP contribution >= 0.6 is 0 Å². The molecule has 0 amide bonds. The van der Waals surface area contributed by atoms with Crippen molar-refractivity contribution in [2.24, 2.45) is 0 Å². The van der Waals surface area contributed by atoms with Gasteiger partial charge in [-0.25, -0.2) is 0 Å². The lowest BCUT2D eigenvalue weighted by molar-refractivity contribution is 0.409. The van der Waals surface area contributed by atoms with Crippen LogP contribution in [0.15, 0.2) is 36.4 Å². The van der Waals surface area contributed by atoms with Crippen molar-refractivity contribution in [2.45, 2.75) is 0 Å². The van der Waals surface area contributed by atoms with Gasteiger partial charge in [-0.05, 0) is 24.3 Å². The molecule has 2 aromatic rings. The Morgan fingerprint density at radius 2 is 1.83 bits per heavy atom. The van der Waals surface area contributed by atoms with Crippen molar-refractivity contribution in [3.05, 3.63) is 42.0 Å². The van der Waals surface area contributed by atoms with Crippen LogP contribution in [0.25, 0.3) is 0 Å². The number of hydrogen-bond donors (Lipinski definition) is 1. The van der Waals surface area contributed by atoms with Gasteiger partial charge in [0, 0.05) is 12.1 Å². The third-order valence-electron chi connectivity index (χ3n) is 2.79. The average molecular weight is 238 g/mol. The summed E-state index contributed by atoms with van der Waals surface area (Å²) in [5, 5.41) is 12.1. The summed E-state index contributed by atoms with van der Waals surface area (Å²) in [5.74, 6) is 2.07. The minimum atomic E-state index is 0.571. The highest BCUT2D eigenvalue weighted by atomic mass is 16.5. The molecular weight excluding hydrogens is 228 g/mol. The SMILES string of the molecule is COc1ccc2c(c1)Oc1cc(C#N)ccc1N2. The van der Waals surface area contributed by atoms with E-state index in [1.807, 2.05) is 24.3 Å². The molecule has 0 bridgehead atoms. The Kier molecular flexibility index (Phi) is 2.31. The average Bonchev–Trinajstić information content (AvgIpc) is 2.43. The number of fused-ring (bicyclic) bond motifs is 2. The standard InChI is InChI=1S/C14H10N2O2/c1-17-10-3-5-12-14(7-10)18-13-6-9(8-15)2-4-11(13)16-12/h2-7,16H,1H3.